The van der Waals surface area contributed by atoms with Crippen LogP contribution in [0.25, 0.3) is 6.08 Å². The third kappa shape index (κ3) is 3.17. The van der Waals surface area contributed by atoms with Crippen LogP contribution in [0, 0.1) is 11.8 Å². The van der Waals surface area contributed by atoms with Crippen molar-refractivity contribution in [3.63, 3.8) is 0 Å². The maximum absolute atomic E-state index is 13.9. The van der Waals surface area contributed by atoms with E-state index in [2.05, 4.69) is 0 Å². The van der Waals surface area contributed by atoms with Crippen molar-refractivity contribution in [2.45, 2.75) is 50.2 Å². The van der Waals surface area contributed by atoms with Crippen molar-refractivity contribution in [1.82, 2.24) is 9.80 Å². The normalized spacial score (nSPS) is 28.2. The second kappa shape index (κ2) is 8.24. The number of hydrogen-bond acceptors (Lipinski definition) is 4. The fraction of sp³-hybridized carbons (Fsp3) is 0.370. The van der Waals surface area contributed by atoms with Gasteiger partial charge in [0.05, 0.1) is 22.9 Å². The summed E-state index contributed by atoms with van der Waals surface area (Å²) in [6.07, 6.45) is 8.65. The highest BCUT2D eigenvalue weighted by molar-refractivity contribution is 6.37. The molecule has 0 aromatic heterocycles. The summed E-state index contributed by atoms with van der Waals surface area (Å²) in [5.41, 5.74) is 2.31. The van der Waals surface area contributed by atoms with Gasteiger partial charge in [-0.3, -0.25) is 19.3 Å². The van der Waals surface area contributed by atoms with Gasteiger partial charge in [0.2, 0.25) is 11.8 Å². The number of likely N-dealkylation sites (tertiary alicyclic amines) is 1. The number of halogens is 2. The molecule has 1 saturated carbocycles. The van der Waals surface area contributed by atoms with Gasteiger partial charge in [-0.2, -0.15) is 0 Å². The second-order valence-corrected chi connectivity index (χ2v) is 10.5. The zero-order valence-corrected chi connectivity index (χ0v) is 20.0. The molecule has 2 aromatic carbocycles. The highest BCUT2D eigenvalue weighted by Crippen LogP contribution is 2.54. The van der Waals surface area contributed by atoms with E-state index in [1.807, 2.05) is 41.4 Å². The van der Waals surface area contributed by atoms with E-state index in [0.717, 1.165) is 43.2 Å². The van der Waals surface area contributed by atoms with Crippen LogP contribution < -0.4 is 0 Å². The average Bonchev–Trinajstić information content (AvgIpc) is 3.32. The molecule has 0 N–H and O–H groups in total. The first kappa shape index (κ1) is 21.9. The van der Waals surface area contributed by atoms with Gasteiger partial charge in [0.1, 0.15) is 6.04 Å². The van der Waals surface area contributed by atoms with Gasteiger partial charge in [-0.1, -0.05) is 66.7 Å². The summed E-state index contributed by atoms with van der Waals surface area (Å²) >= 11 is 12.5. The summed E-state index contributed by atoms with van der Waals surface area (Å²) in [7, 11) is 0. The van der Waals surface area contributed by atoms with Crippen LogP contribution in [-0.4, -0.2) is 39.5 Å². The highest BCUT2D eigenvalue weighted by atomic mass is 35.5. The van der Waals surface area contributed by atoms with Crippen LogP contribution in [0.3, 0.4) is 0 Å². The number of fused-ring (bicyclic) bond motifs is 5. The van der Waals surface area contributed by atoms with Gasteiger partial charge in [-0.05, 0) is 48.2 Å². The van der Waals surface area contributed by atoms with Crippen molar-refractivity contribution in [2.75, 3.05) is 0 Å². The molecule has 0 radical (unpaired) electrons. The lowest BCUT2D eigenvalue weighted by Crippen LogP contribution is -2.47. The fourth-order valence-corrected chi connectivity index (χ4v) is 6.93. The first-order valence-electron chi connectivity index (χ1n) is 11.9. The van der Waals surface area contributed by atoms with Crippen LogP contribution in [0.5, 0.6) is 0 Å². The lowest BCUT2D eigenvalue weighted by Gasteiger charge is -2.37. The van der Waals surface area contributed by atoms with E-state index in [0.29, 0.717) is 10.6 Å². The van der Waals surface area contributed by atoms with E-state index in [1.165, 1.54) is 11.0 Å². The maximum Gasteiger partial charge on any atom is 0.236 e. The number of imide groups is 1. The number of ketones is 1. The molecule has 3 heterocycles. The summed E-state index contributed by atoms with van der Waals surface area (Å²) in [4.78, 5) is 45.1. The summed E-state index contributed by atoms with van der Waals surface area (Å²) < 4.78 is 0. The quantitative estimate of drug-likeness (QED) is 0.416. The van der Waals surface area contributed by atoms with Gasteiger partial charge >= 0.3 is 0 Å². The number of amides is 2. The molecule has 2 aromatic rings. The van der Waals surface area contributed by atoms with E-state index in [9.17, 15) is 14.4 Å². The van der Waals surface area contributed by atoms with Gasteiger partial charge in [-0.15, -0.1) is 0 Å². The molecule has 4 aliphatic rings. The van der Waals surface area contributed by atoms with Crippen LogP contribution in [0.2, 0.25) is 10.0 Å². The molecule has 34 heavy (non-hydrogen) atoms. The molecule has 174 valence electrons. The maximum atomic E-state index is 13.9. The lowest BCUT2D eigenvalue weighted by atomic mass is 9.83. The van der Waals surface area contributed by atoms with Crippen LogP contribution in [-0.2, 0) is 9.59 Å². The third-order valence-corrected chi connectivity index (χ3v) is 8.45. The number of hydrogen-bond donors (Lipinski definition) is 0. The second-order valence-electron chi connectivity index (χ2n) is 9.66. The molecular formula is C27H24Cl2N2O3. The van der Waals surface area contributed by atoms with Crippen molar-refractivity contribution in [2.24, 2.45) is 11.8 Å². The Kier molecular flexibility index (Phi) is 5.30. The monoisotopic (exact) mass is 494 g/mol. The minimum absolute atomic E-state index is 0.0722. The molecule has 6 rings (SSSR count). The van der Waals surface area contributed by atoms with Crippen molar-refractivity contribution < 1.29 is 14.4 Å². The van der Waals surface area contributed by atoms with Gasteiger partial charge in [0.25, 0.3) is 0 Å². The molecule has 7 heteroatoms. The Labute approximate surface area is 208 Å². The zero-order valence-electron chi connectivity index (χ0n) is 18.5. The third-order valence-electron chi connectivity index (χ3n) is 7.90. The molecule has 3 fully saturated rings. The van der Waals surface area contributed by atoms with Crippen LogP contribution in [0.1, 0.15) is 59.6 Å². The van der Waals surface area contributed by atoms with E-state index in [4.69, 9.17) is 23.2 Å². The number of Topliss-reactive ketones (excluding diaryl/α,β-unsaturated/α-hetero) is 1. The Morgan fingerprint density at radius 1 is 0.912 bits per heavy atom. The van der Waals surface area contributed by atoms with E-state index in [-0.39, 0.29) is 34.7 Å². The predicted octanol–water partition coefficient (Wildman–Crippen LogP) is 5.52. The summed E-state index contributed by atoms with van der Waals surface area (Å²) in [6, 6.07) is 11.4. The molecule has 2 amide bonds. The summed E-state index contributed by atoms with van der Waals surface area (Å²) in [5, 5.41) is 0.686. The van der Waals surface area contributed by atoms with E-state index < -0.39 is 17.9 Å². The number of nitrogens with zero attached hydrogens (tertiary/aromatic N) is 2. The van der Waals surface area contributed by atoms with Crippen LogP contribution in [0.15, 0.2) is 48.7 Å². The van der Waals surface area contributed by atoms with Crippen LogP contribution >= 0.6 is 23.2 Å². The molecule has 3 aliphatic heterocycles. The topological polar surface area (TPSA) is 57.7 Å². The number of carbonyl (C=O) groups is 3. The molecule has 4 atom stereocenters. The molecule has 0 unspecified atom stereocenters. The summed E-state index contributed by atoms with van der Waals surface area (Å²) in [6.45, 7) is 0. The highest BCUT2D eigenvalue weighted by Gasteiger charge is 2.65. The largest absolute Gasteiger partial charge is 0.358 e. The predicted molar refractivity (Wildman–Crippen MR) is 130 cm³/mol. The van der Waals surface area contributed by atoms with Crippen molar-refractivity contribution in [1.29, 1.82) is 0 Å². The first-order valence-corrected chi connectivity index (χ1v) is 12.6. The lowest BCUT2D eigenvalue weighted by molar-refractivity contribution is -0.144. The SMILES string of the molecule is O=C(c1ccc(Cl)cc1Cl)[C@@H]1[C@@H]2C(=O)N(C3CCCCC3)C(=O)[C@H]2[C@@H]2c3ccccc3C=CN12. The Balaban J connectivity index is 1.47. The minimum atomic E-state index is -0.802. The average molecular weight is 495 g/mol. The van der Waals surface area contributed by atoms with Crippen molar-refractivity contribution in [3.05, 3.63) is 75.4 Å². The molecular weight excluding hydrogens is 471 g/mol. The smallest absolute Gasteiger partial charge is 0.236 e. The molecule has 5 nitrogen and oxygen atoms in total. The number of carbonyl (C=O) groups excluding carboxylic acids is 3. The first-order chi connectivity index (χ1) is 16.5. The zero-order chi connectivity index (χ0) is 23.6. The Bertz CT molecular complexity index is 1240. The van der Waals surface area contributed by atoms with Crippen LogP contribution in [0.4, 0.5) is 0 Å². The minimum Gasteiger partial charge on any atom is -0.358 e. The molecule has 2 saturated heterocycles. The van der Waals surface area contributed by atoms with Gasteiger partial charge in [0.15, 0.2) is 5.78 Å². The van der Waals surface area contributed by atoms with Gasteiger partial charge in [0, 0.05) is 22.8 Å². The van der Waals surface area contributed by atoms with Gasteiger partial charge in [-0.25, -0.2) is 0 Å². The van der Waals surface area contributed by atoms with E-state index in [1.54, 1.807) is 12.1 Å². The van der Waals surface area contributed by atoms with Crippen molar-refractivity contribution >= 4 is 46.9 Å². The Morgan fingerprint density at radius 3 is 2.41 bits per heavy atom. The number of benzene rings is 2. The Hall–Kier alpha value is -2.63. The van der Waals surface area contributed by atoms with E-state index >= 15 is 0 Å². The standard InChI is InChI=1S/C27H24Cl2N2O3/c28-16-10-11-19(20(29)14-16)25(32)24-22-21(23-18-9-5-4-6-15(18)12-13-30(23)24)26(33)31(27(22)34)17-7-2-1-3-8-17/h4-6,9-14,17,21-24H,1-3,7-8H2/t21-,22-,23+,24+/m1/s1. The number of rotatable bonds is 3. The molecule has 0 spiro atoms. The molecule has 1 aliphatic carbocycles. The summed E-state index contributed by atoms with van der Waals surface area (Å²) in [5.74, 6) is -1.95. The van der Waals surface area contributed by atoms with Gasteiger partial charge < -0.3 is 4.90 Å². The molecule has 0 bridgehead atoms. The van der Waals surface area contributed by atoms with Crippen molar-refractivity contribution in [3.8, 4) is 0 Å². The fourth-order valence-electron chi connectivity index (χ4n) is 6.43. The Morgan fingerprint density at radius 2 is 1.65 bits per heavy atom.